The van der Waals surface area contributed by atoms with Gasteiger partial charge in [0, 0.05) is 11.4 Å². The molecule has 2 amide bonds. The Bertz CT molecular complexity index is 956. The fourth-order valence-corrected chi connectivity index (χ4v) is 3.59. The summed E-state index contributed by atoms with van der Waals surface area (Å²) in [5.74, 6) is 0.618. The highest BCUT2D eigenvalue weighted by molar-refractivity contribution is 7.10. The second-order valence-corrected chi connectivity index (χ2v) is 7.68. The van der Waals surface area contributed by atoms with E-state index < -0.39 is 0 Å². The van der Waals surface area contributed by atoms with Crippen molar-refractivity contribution in [3.63, 3.8) is 0 Å². The summed E-state index contributed by atoms with van der Waals surface area (Å²) in [5, 5.41) is 10.9. The number of ether oxygens (including phenoxy) is 1. The van der Waals surface area contributed by atoms with Crippen molar-refractivity contribution >= 4 is 34.5 Å². The van der Waals surface area contributed by atoms with Gasteiger partial charge in [-0.05, 0) is 47.7 Å². The monoisotopic (exact) mass is 423 g/mol. The van der Waals surface area contributed by atoms with Crippen LogP contribution in [0.4, 0.5) is 11.4 Å². The fraction of sp³-hybridized carbons (Fsp3) is 0.217. The number of hydrogen-bond acceptors (Lipinski definition) is 5. The summed E-state index contributed by atoms with van der Waals surface area (Å²) in [7, 11) is 1.63. The van der Waals surface area contributed by atoms with Crippen molar-refractivity contribution in [2.45, 2.75) is 12.8 Å². The molecule has 0 aliphatic carbocycles. The largest absolute Gasteiger partial charge is 0.497 e. The topological polar surface area (TPSA) is 79.5 Å². The third kappa shape index (κ3) is 6.63. The molecule has 0 bridgehead atoms. The molecule has 0 radical (unpaired) electrons. The number of rotatable bonds is 10. The van der Waals surface area contributed by atoms with Crippen LogP contribution in [0.2, 0.25) is 0 Å². The van der Waals surface area contributed by atoms with E-state index >= 15 is 0 Å². The number of thiophene rings is 1. The van der Waals surface area contributed by atoms with Crippen LogP contribution in [-0.2, 0) is 22.4 Å². The zero-order valence-corrected chi connectivity index (χ0v) is 17.6. The summed E-state index contributed by atoms with van der Waals surface area (Å²) >= 11 is 1.55. The maximum atomic E-state index is 12.3. The van der Waals surface area contributed by atoms with Crippen molar-refractivity contribution in [2.24, 2.45) is 0 Å². The van der Waals surface area contributed by atoms with Crippen LogP contribution in [-0.4, -0.2) is 32.0 Å². The van der Waals surface area contributed by atoms with Gasteiger partial charge < -0.3 is 20.7 Å². The summed E-state index contributed by atoms with van der Waals surface area (Å²) in [6.45, 7) is 0.673. The molecule has 1 aromatic heterocycles. The first kappa shape index (κ1) is 21.4. The number of benzene rings is 2. The molecule has 1 heterocycles. The Kier molecular flexibility index (Phi) is 7.86. The summed E-state index contributed by atoms with van der Waals surface area (Å²) in [4.78, 5) is 25.4. The van der Waals surface area contributed by atoms with Gasteiger partial charge in [-0.3, -0.25) is 9.59 Å². The molecular formula is C23H25N3O3S. The zero-order chi connectivity index (χ0) is 21.2. The van der Waals surface area contributed by atoms with Crippen molar-refractivity contribution in [3.05, 3.63) is 76.5 Å². The van der Waals surface area contributed by atoms with Gasteiger partial charge in [-0.2, -0.15) is 0 Å². The molecule has 0 saturated heterocycles. The molecule has 30 heavy (non-hydrogen) atoms. The van der Waals surface area contributed by atoms with Gasteiger partial charge in [0.05, 0.1) is 31.5 Å². The van der Waals surface area contributed by atoms with Crippen LogP contribution in [0.15, 0.2) is 66.0 Å². The van der Waals surface area contributed by atoms with E-state index in [4.69, 9.17) is 4.74 Å². The third-order valence-corrected chi connectivity index (χ3v) is 5.33. The number of nitrogens with one attached hydrogen (secondary N) is 3. The second-order valence-electron chi connectivity index (χ2n) is 6.65. The molecule has 0 atom stereocenters. The number of amides is 2. The molecule has 3 rings (SSSR count). The van der Waals surface area contributed by atoms with Gasteiger partial charge in [0.1, 0.15) is 5.75 Å². The van der Waals surface area contributed by atoms with Crippen molar-refractivity contribution in [1.29, 1.82) is 0 Å². The van der Waals surface area contributed by atoms with Gasteiger partial charge in [0.2, 0.25) is 11.8 Å². The predicted octanol–water partition coefficient (Wildman–Crippen LogP) is 3.71. The molecule has 0 spiro atoms. The Labute approximate surface area is 180 Å². The fourth-order valence-electron chi connectivity index (χ4n) is 2.89. The molecule has 0 saturated carbocycles. The van der Waals surface area contributed by atoms with Crippen molar-refractivity contribution in [1.82, 2.24) is 5.32 Å². The third-order valence-electron chi connectivity index (χ3n) is 4.45. The van der Waals surface area contributed by atoms with Crippen molar-refractivity contribution in [3.8, 4) is 5.75 Å². The molecule has 0 aliphatic heterocycles. The lowest BCUT2D eigenvalue weighted by molar-refractivity contribution is -0.119. The second kappa shape index (κ2) is 11.0. The van der Waals surface area contributed by atoms with Crippen LogP contribution in [0.1, 0.15) is 10.4 Å². The first-order valence-electron chi connectivity index (χ1n) is 9.69. The van der Waals surface area contributed by atoms with E-state index in [-0.39, 0.29) is 18.4 Å². The number of hydrogen-bond donors (Lipinski definition) is 3. The molecule has 3 N–H and O–H groups in total. The highest BCUT2D eigenvalue weighted by atomic mass is 32.1. The van der Waals surface area contributed by atoms with Gasteiger partial charge in [0.15, 0.2) is 0 Å². The molecule has 7 heteroatoms. The number of anilines is 2. The molecule has 6 nitrogen and oxygen atoms in total. The summed E-state index contributed by atoms with van der Waals surface area (Å²) < 4.78 is 5.14. The number of methoxy groups -OCH3 is 1. The first-order chi connectivity index (χ1) is 14.6. The smallest absolute Gasteiger partial charge is 0.239 e. The minimum atomic E-state index is -0.108. The van der Waals surface area contributed by atoms with Crippen LogP contribution in [0.3, 0.4) is 0 Å². The van der Waals surface area contributed by atoms with E-state index in [9.17, 15) is 9.59 Å². The van der Waals surface area contributed by atoms with E-state index in [1.165, 1.54) is 0 Å². The van der Waals surface area contributed by atoms with E-state index in [1.807, 2.05) is 66.0 Å². The highest BCUT2D eigenvalue weighted by Crippen LogP contribution is 2.21. The van der Waals surface area contributed by atoms with E-state index in [0.29, 0.717) is 24.3 Å². The van der Waals surface area contributed by atoms with Crippen molar-refractivity contribution < 1.29 is 14.3 Å². The Morgan fingerprint density at radius 3 is 2.40 bits per heavy atom. The summed E-state index contributed by atoms with van der Waals surface area (Å²) in [6, 6.07) is 19.0. The van der Waals surface area contributed by atoms with Gasteiger partial charge in [-0.25, -0.2) is 0 Å². The lowest BCUT2D eigenvalue weighted by Gasteiger charge is -2.13. The Hall–Kier alpha value is -3.32. The Balaban J connectivity index is 1.44. The van der Waals surface area contributed by atoms with Crippen LogP contribution in [0.25, 0.3) is 0 Å². The molecule has 2 aromatic carbocycles. The van der Waals surface area contributed by atoms with Crippen LogP contribution in [0, 0.1) is 0 Å². The highest BCUT2D eigenvalue weighted by Gasteiger charge is 2.09. The minimum Gasteiger partial charge on any atom is -0.497 e. The number of carbonyl (C=O) groups excluding carboxylic acids is 2. The van der Waals surface area contributed by atoms with Crippen LogP contribution in [0.5, 0.6) is 5.75 Å². The average Bonchev–Trinajstić information content (AvgIpc) is 3.26. The molecule has 3 aromatic rings. The SMILES string of the molecule is COc1ccc(CCNC(=O)CNc2ccccc2NC(=O)Cc2cccs2)cc1. The van der Waals surface area contributed by atoms with Gasteiger partial charge in [-0.15, -0.1) is 11.3 Å². The first-order valence-corrected chi connectivity index (χ1v) is 10.6. The summed E-state index contributed by atoms with van der Waals surface area (Å²) in [5.41, 5.74) is 2.50. The molecular weight excluding hydrogens is 398 g/mol. The van der Waals surface area contributed by atoms with Crippen LogP contribution >= 0.6 is 11.3 Å². The zero-order valence-electron chi connectivity index (χ0n) is 16.8. The maximum Gasteiger partial charge on any atom is 0.239 e. The molecule has 0 aliphatic rings. The van der Waals surface area contributed by atoms with Gasteiger partial charge in [-0.1, -0.05) is 30.3 Å². The predicted molar refractivity (Wildman–Crippen MR) is 121 cm³/mol. The van der Waals surface area contributed by atoms with Gasteiger partial charge >= 0.3 is 0 Å². The minimum absolute atomic E-state index is 0.0874. The quantitative estimate of drug-likeness (QED) is 0.464. The molecule has 0 unspecified atom stereocenters. The molecule has 156 valence electrons. The maximum absolute atomic E-state index is 12.3. The summed E-state index contributed by atoms with van der Waals surface area (Å²) in [6.07, 6.45) is 1.07. The number of carbonyl (C=O) groups is 2. The van der Waals surface area contributed by atoms with Crippen molar-refractivity contribution in [2.75, 3.05) is 30.8 Å². The van der Waals surface area contributed by atoms with E-state index in [2.05, 4.69) is 16.0 Å². The van der Waals surface area contributed by atoms with E-state index in [1.54, 1.807) is 18.4 Å². The van der Waals surface area contributed by atoms with Crippen LogP contribution < -0.4 is 20.7 Å². The normalized spacial score (nSPS) is 10.3. The standard InChI is InChI=1S/C23H25N3O3S/c1-29-18-10-8-17(9-11-18)12-13-24-23(28)16-25-20-6-2-3-7-21(20)26-22(27)15-19-5-4-14-30-19/h2-11,14,25H,12-13,15-16H2,1H3,(H,24,28)(H,26,27). The van der Waals surface area contributed by atoms with E-state index in [0.717, 1.165) is 22.6 Å². The van der Waals surface area contributed by atoms with Gasteiger partial charge in [0.25, 0.3) is 0 Å². The lowest BCUT2D eigenvalue weighted by atomic mass is 10.1. The Morgan fingerprint density at radius 1 is 0.933 bits per heavy atom. The number of para-hydroxylation sites is 2. The Morgan fingerprint density at radius 2 is 1.70 bits per heavy atom. The molecule has 0 fully saturated rings. The average molecular weight is 424 g/mol. The lowest BCUT2D eigenvalue weighted by Crippen LogP contribution is -2.31.